The number of hydrogen-bond donors (Lipinski definition) is 2. The average Bonchev–Trinajstić information content (AvgIpc) is 3.12. The van der Waals surface area contributed by atoms with Crippen molar-refractivity contribution in [2.24, 2.45) is 0 Å². The Labute approximate surface area is 142 Å². The molecular formula is C19H23N3O2. The van der Waals surface area contributed by atoms with Gasteiger partial charge in [0.25, 0.3) is 5.91 Å². The molecular weight excluding hydrogens is 302 g/mol. The molecule has 1 amide bonds. The number of nitrogens with one attached hydrogen (secondary N) is 1. The molecule has 0 radical (unpaired) electrons. The highest BCUT2D eigenvalue weighted by atomic mass is 16.5. The minimum Gasteiger partial charge on any atom is -0.492 e. The second-order valence-electron chi connectivity index (χ2n) is 5.86. The summed E-state index contributed by atoms with van der Waals surface area (Å²) in [6.07, 6.45) is 2.12. The number of nitrogens with zero attached hydrogens (tertiary/aromatic N) is 1. The summed E-state index contributed by atoms with van der Waals surface area (Å²) in [5.74, 6) is 0.785. The van der Waals surface area contributed by atoms with Gasteiger partial charge < -0.3 is 20.7 Å². The van der Waals surface area contributed by atoms with Crippen molar-refractivity contribution in [1.82, 2.24) is 4.90 Å². The fraction of sp³-hybridized carbons (Fsp3) is 0.316. The van der Waals surface area contributed by atoms with Crippen LogP contribution in [-0.4, -0.2) is 30.5 Å². The second kappa shape index (κ2) is 7.25. The first-order chi connectivity index (χ1) is 11.7. The van der Waals surface area contributed by atoms with Crippen LogP contribution in [0.15, 0.2) is 42.5 Å². The Morgan fingerprint density at radius 1 is 1.17 bits per heavy atom. The molecule has 24 heavy (non-hydrogen) atoms. The topological polar surface area (TPSA) is 67.6 Å². The Kier molecular flexibility index (Phi) is 4.89. The Hall–Kier alpha value is -2.69. The van der Waals surface area contributed by atoms with Gasteiger partial charge in [0.05, 0.1) is 23.5 Å². The largest absolute Gasteiger partial charge is 0.492 e. The van der Waals surface area contributed by atoms with Gasteiger partial charge >= 0.3 is 0 Å². The first kappa shape index (κ1) is 16.2. The lowest BCUT2D eigenvalue weighted by Gasteiger charge is -2.19. The maximum atomic E-state index is 12.8. The lowest BCUT2D eigenvalue weighted by atomic mass is 10.1. The highest BCUT2D eigenvalue weighted by Gasteiger charge is 2.22. The molecule has 3 N–H and O–H groups in total. The molecule has 3 rings (SSSR count). The molecule has 0 aliphatic carbocycles. The molecule has 1 heterocycles. The molecule has 1 aliphatic rings. The predicted octanol–water partition coefficient (Wildman–Crippen LogP) is 3.65. The van der Waals surface area contributed by atoms with E-state index in [9.17, 15) is 4.79 Å². The zero-order valence-electron chi connectivity index (χ0n) is 13.9. The standard InChI is InChI=1S/C19H23N3O2/c1-2-24-18-8-4-3-7-17(18)21-16-10-9-14(20)13-15(16)19(23)22-11-5-6-12-22/h3-4,7-10,13,21H,2,5-6,11-12,20H2,1H3. The number of amides is 1. The number of rotatable bonds is 5. The van der Waals surface area contributed by atoms with E-state index in [0.29, 0.717) is 17.9 Å². The van der Waals surface area contributed by atoms with Crippen molar-refractivity contribution in [1.29, 1.82) is 0 Å². The van der Waals surface area contributed by atoms with Gasteiger partial charge in [-0.25, -0.2) is 0 Å². The lowest BCUT2D eigenvalue weighted by molar-refractivity contribution is 0.0794. The average molecular weight is 325 g/mol. The predicted molar refractivity (Wildman–Crippen MR) is 96.9 cm³/mol. The monoisotopic (exact) mass is 325 g/mol. The number of nitrogens with two attached hydrogens (primary N) is 1. The molecule has 0 aromatic heterocycles. The SMILES string of the molecule is CCOc1ccccc1Nc1ccc(N)cc1C(=O)N1CCCC1. The zero-order valence-corrected chi connectivity index (χ0v) is 13.9. The van der Waals surface area contributed by atoms with Crippen molar-refractivity contribution in [2.75, 3.05) is 30.7 Å². The van der Waals surface area contributed by atoms with Crippen LogP contribution in [0, 0.1) is 0 Å². The van der Waals surface area contributed by atoms with Gasteiger partial charge in [-0.1, -0.05) is 12.1 Å². The number of ether oxygens (including phenoxy) is 1. The van der Waals surface area contributed by atoms with Gasteiger partial charge in [-0.2, -0.15) is 0 Å². The fourth-order valence-electron chi connectivity index (χ4n) is 2.93. The fourth-order valence-corrected chi connectivity index (χ4v) is 2.93. The molecule has 1 fully saturated rings. The third kappa shape index (κ3) is 3.45. The van der Waals surface area contributed by atoms with E-state index in [4.69, 9.17) is 10.5 Å². The van der Waals surface area contributed by atoms with Gasteiger partial charge in [0.15, 0.2) is 0 Å². The Bertz CT molecular complexity index is 724. The number of carbonyl (C=O) groups is 1. The molecule has 0 spiro atoms. The van der Waals surface area contributed by atoms with Crippen LogP contribution in [0.4, 0.5) is 17.1 Å². The van der Waals surface area contributed by atoms with Crippen LogP contribution < -0.4 is 15.8 Å². The van der Waals surface area contributed by atoms with E-state index in [1.807, 2.05) is 42.2 Å². The van der Waals surface area contributed by atoms with Gasteiger partial charge in [0.1, 0.15) is 5.75 Å². The summed E-state index contributed by atoms with van der Waals surface area (Å²) in [7, 11) is 0. The molecule has 0 unspecified atom stereocenters. The lowest BCUT2D eigenvalue weighted by Crippen LogP contribution is -2.28. The summed E-state index contributed by atoms with van der Waals surface area (Å²) in [5, 5.41) is 3.33. The molecule has 126 valence electrons. The molecule has 0 bridgehead atoms. The molecule has 1 saturated heterocycles. The third-order valence-corrected chi connectivity index (χ3v) is 4.12. The highest BCUT2D eigenvalue weighted by molar-refractivity contribution is 6.01. The number of anilines is 3. The summed E-state index contributed by atoms with van der Waals surface area (Å²) in [4.78, 5) is 14.7. The molecule has 5 heteroatoms. The number of carbonyl (C=O) groups excluding carboxylic acids is 1. The summed E-state index contributed by atoms with van der Waals surface area (Å²) >= 11 is 0. The number of hydrogen-bond acceptors (Lipinski definition) is 4. The first-order valence-corrected chi connectivity index (χ1v) is 8.36. The van der Waals surface area contributed by atoms with Crippen molar-refractivity contribution in [3.8, 4) is 5.75 Å². The minimum atomic E-state index is 0.0243. The van der Waals surface area contributed by atoms with Crippen LogP contribution in [0.2, 0.25) is 0 Å². The summed E-state index contributed by atoms with van der Waals surface area (Å²) in [6.45, 7) is 4.15. The van der Waals surface area contributed by atoms with Crippen LogP contribution in [0.1, 0.15) is 30.1 Å². The van der Waals surface area contributed by atoms with Gasteiger partial charge in [0, 0.05) is 18.8 Å². The molecule has 5 nitrogen and oxygen atoms in total. The summed E-state index contributed by atoms with van der Waals surface area (Å²) < 4.78 is 5.65. The third-order valence-electron chi connectivity index (χ3n) is 4.12. The summed E-state index contributed by atoms with van der Waals surface area (Å²) in [5.41, 5.74) is 8.67. The van der Waals surface area contributed by atoms with E-state index < -0.39 is 0 Å². The van der Waals surface area contributed by atoms with Gasteiger partial charge in [-0.15, -0.1) is 0 Å². The van der Waals surface area contributed by atoms with E-state index in [2.05, 4.69) is 5.32 Å². The van der Waals surface area contributed by atoms with Crippen molar-refractivity contribution in [3.63, 3.8) is 0 Å². The Morgan fingerprint density at radius 3 is 2.67 bits per heavy atom. The van der Waals surface area contributed by atoms with Gasteiger partial charge in [-0.05, 0) is 50.1 Å². The number of benzene rings is 2. The van der Waals surface area contributed by atoms with E-state index in [-0.39, 0.29) is 5.91 Å². The van der Waals surface area contributed by atoms with Gasteiger partial charge in [-0.3, -0.25) is 4.79 Å². The van der Waals surface area contributed by atoms with Crippen LogP contribution in [0.25, 0.3) is 0 Å². The van der Waals surface area contributed by atoms with Crippen LogP contribution >= 0.6 is 0 Å². The zero-order chi connectivity index (χ0) is 16.9. The molecule has 0 atom stereocenters. The molecule has 2 aromatic rings. The number of likely N-dealkylation sites (tertiary alicyclic amines) is 1. The number of nitrogen functional groups attached to an aromatic ring is 1. The normalized spacial score (nSPS) is 13.8. The Morgan fingerprint density at radius 2 is 1.92 bits per heavy atom. The van der Waals surface area contributed by atoms with Crippen molar-refractivity contribution in [3.05, 3.63) is 48.0 Å². The first-order valence-electron chi connectivity index (χ1n) is 8.36. The van der Waals surface area contributed by atoms with E-state index in [1.165, 1.54) is 0 Å². The molecule has 1 aliphatic heterocycles. The minimum absolute atomic E-state index is 0.0243. The second-order valence-corrected chi connectivity index (χ2v) is 5.86. The van der Waals surface area contributed by atoms with Crippen molar-refractivity contribution >= 4 is 23.0 Å². The highest BCUT2D eigenvalue weighted by Crippen LogP contribution is 2.31. The molecule has 0 saturated carbocycles. The van der Waals surface area contributed by atoms with E-state index in [1.54, 1.807) is 12.1 Å². The summed E-state index contributed by atoms with van der Waals surface area (Å²) in [6, 6.07) is 13.1. The van der Waals surface area contributed by atoms with Crippen LogP contribution in [-0.2, 0) is 0 Å². The van der Waals surface area contributed by atoms with E-state index in [0.717, 1.165) is 43.1 Å². The van der Waals surface area contributed by atoms with Crippen molar-refractivity contribution in [2.45, 2.75) is 19.8 Å². The Balaban J connectivity index is 1.92. The van der Waals surface area contributed by atoms with Crippen LogP contribution in [0.3, 0.4) is 0 Å². The quantitative estimate of drug-likeness (QED) is 0.824. The van der Waals surface area contributed by atoms with Crippen molar-refractivity contribution < 1.29 is 9.53 Å². The van der Waals surface area contributed by atoms with E-state index >= 15 is 0 Å². The smallest absolute Gasteiger partial charge is 0.256 e. The maximum absolute atomic E-state index is 12.8. The maximum Gasteiger partial charge on any atom is 0.256 e. The van der Waals surface area contributed by atoms with Gasteiger partial charge in [0.2, 0.25) is 0 Å². The number of para-hydroxylation sites is 2. The molecule has 2 aromatic carbocycles. The van der Waals surface area contributed by atoms with Crippen LogP contribution in [0.5, 0.6) is 5.75 Å².